The highest BCUT2D eigenvalue weighted by atomic mass is 35.5. The number of hydrogen-bond acceptors (Lipinski definition) is 10. The molecular formula is C19H17ClN6O5S2. The second-order valence-electron chi connectivity index (χ2n) is 7.33. The fourth-order valence-electron chi connectivity index (χ4n) is 3.85. The lowest BCUT2D eigenvalue weighted by molar-refractivity contribution is -0.156. The third kappa shape index (κ3) is 4.14. The lowest BCUT2D eigenvalue weighted by atomic mass is 9.83. The Kier molecular flexibility index (Phi) is 6.28. The van der Waals surface area contributed by atoms with Crippen LogP contribution >= 0.6 is 34.3 Å². The van der Waals surface area contributed by atoms with Gasteiger partial charge in [0.15, 0.2) is 5.13 Å². The SMILES string of the molecule is Cc1ncsc1C=CC1=C(C(=O)O)N2C(=O)[C@@H](NC(=O)C(N=O)c3nc(N)sc3Cl)[C@H]2CC1. The number of aromatic nitrogens is 2. The monoisotopic (exact) mass is 508 g/mol. The number of aryl methyl sites for hydroxylation is 1. The van der Waals surface area contributed by atoms with Crippen molar-refractivity contribution in [1.82, 2.24) is 20.2 Å². The van der Waals surface area contributed by atoms with Gasteiger partial charge in [0.05, 0.1) is 17.2 Å². The van der Waals surface area contributed by atoms with Gasteiger partial charge in [-0.3, -0.25) is 14.5 Å². The van der Waals surface area contributed by atoms with E-state index in [2.05, 4.69) is 20.5 Å². The number of carboxylic acids is 1. The number of carbonyl (C=O) groups is 3. The molecule has 0 aliphatic carbocycles. The number of allylic oxidation sites excluding steroid dienone is 2. The normalized spacial score (nSPS) is 21.0. The predicted octanol–water partition coefficient (Wildman–Crippen LogP) is 2.49. The lowest BCUT2D eigenvalue weighted by Crippen LogP contribution is -2.71. The molecule has 4 N–H and O–H groups in total. The molecule has 4 heterocycles. The van der Waals surface area contributed by atoms with Crippen molar-refractivity contribution in [2.75, 3.05) is 5.73 Å². The first-order chi connectivity index (χ1) is 15.7. The smallest absolute Gasteiger partial charge is 0.352 e. The Morgan fingerprint density at radius 1 is 1.45 bits per heavy atom. The molecule has 0 spiro atoms. The minimum Gasteiger partial charge on any atom is -0.477 e. The molecule has 2 aromatic heterocycles. The van der Waals surface area contributed by atoms with Crippen LogP contribution in [0.15, 0.2) is 28.0 Å². The molecule has 2 aliphatic rings. The van der Waals surface area contributed by atoms with Gasteiger partial charge < -0.3 is 16.2 Å². The van der Waals surface area contributed by atoms with Gasteiger partial charge in [0.1, 0.15) is 21.8 Å². The van der Waals surface area contributed by atoms with Crippen molar-refractivity contribution < 1.29 is 19.5 Å². The quantitative estimate of drug-likeness (QED) is 0.378. The summed E-state index contributed by atoms with van der Waals surface area (Å²) in [6.07, 6.45) is 4.28. The van der Waals surface area contributed by atoms with Gasteiger partial charge in [0.25, 0.3) is 11.8 Å². The molecule has 0 saturated carbocycles. The molecule has 172 valence electrons. The third-order valence-corrected chi connectivity index (χ3v) is 7.44. The van der Waals surface area contributed by atoms with E-state index in [4.69, 9.17) is 17.3 Å². The molecule has 1 saturated heterocycles. The largest absolute Gasteiger partial charge is 0.477 e. The number of β-lactam (4-membered cyclic amide) rings is 1. The number of carboxylic acid groups (broad SMARTS) is 1. The van der Waals surface area contributed by atoms with Crippen LogP contribution in [0.4, 0.5) is 5.13 Å². The molecule has 1 unspecified atom stereocenters. The first-order valence-corrected chi connectivity index (χ1v) is 11.7. The zero-order valence-corrected chi connectivity index (χ0v) is 19.4. The first kappa shape index (κ1) is 23.0. The summed E-state index contributed by atoms with van der Waals surface area (Å²) in [7, 11) is 0. The molecule has 3 atom stereocenters. The number of nitrogens with one attached hydrogen (secondary N) is 1. The van der Waals surface area contributed by atoms with E-state index in [-0.39, 0.29) is 20.9 Å². The Balaban J connectivity index is 1.53. The number of hydrogen-bond donors (Lipinski definition) is 3. The van der Waals surface area contributed by atoms with Crippen LogP contribution in [0.5, 0.6) is 0 Å². The van der Waals surface area contributed by atoms with E-state index in [0.717, 1.165) is 21.9 Å². The molecular weight excluding hydrogens is 492 g/mol. The molecule has 0 aromatic carbocycles. The number of nitrogen functional groups attached to an aromatic ring is 1. The van der Waals surface area contributed by atoms with Gasteiger partial charge in [0, 0.05) is 4.88 Å². The van der Waals surface area contributed by atoms with Crippen molar-refractivity contribution >= 4 is 63.3 Å². The Bertz CT molecular complexity index is 1220. The maximum absolute atomic E-state index is 12.8. The van der Waals surface area contributed by atoms with Crippen LogP contribution in [0, 0.1) is 11.8 Å². The van der Waals surface area contributed by atoms with Crippen LogP contribution in [-0.2, 0) is 14.4 Å². The number of halogens is 1. The van der Waals surface area contributed by atoms with Crippen molar-refractivity contribution in [2.45, 2.75) is 37.9 Å². The van der Waals surface area contributed by atoms with Gasteiger partial charge in [0.2, 0.25) is 6.04 Å². The van der Waals surface area contributed by atoms with E-state index in [1.54, 1.807) is 17.7 Å². The average Bonchev–Trinajstić information content (AvgIpc) is 3.33. The lowest BCUT2D eigenvalue weighted by Gasteiger charge is -2.50. The van der Waals surface area contributed by atoms with E-state index in [9.17, 15) is 24.4 Å². The molecule has 2 aliphatic heterocycles. The van der Waals surface area contributed by atoms with Gasteiger partial charge in [-0.15, -0.1) is 16.2 Å². The Hall–Kier alpha value is -3.16. The summed E-state index contributed by atoms with van der Waals surface area (Å²) in [5.74, 6) is -2.68. The molecule has 2 aromatic rings. The number of fused-ring (bicyclic) bond motifs is 1. The molecule has 1 fully saturated rings. The van der Waals surface area contributed by atoms with E-state index >= 15 is 0 Å². The molecule has 33 heavy (non-hydrogen) atoms. The summed E-state index contributed by atoms with van der Waals surface area (Å²) in [6.45, 7) is 1.85. The fourth-order valence-corrected chi connectivity index (χ4v) is 5.52. The molecule has 4 rings (SSSR count). The molecule has 0 bridgehead atoms. The summed E-state index contributed by atoms with van der Waals surface area (Å²) < 4.78 is 0.0511. The van der Waals surface area contributed by atoms with Gasteiger partial charge >= 0.3 is 5.97 Å². The minimum absolute atomic E-state index is 0.0511. The Morgan fingerprint density at radius 2 is 2.21 bits per heavy atom. The maximum Gasteiger partial charge on any atom is 0.352 e. The highest BCUT2D eigenvalue weighted by Gasteiger charge is 2.53. The van der Waals surface area contributed by atoms with E-state index in [1.165, 1.54) is 16.2 Å². The minimum atomic E-state index is -1.58. The topological polar surface area (TPSA) is 168 Å². The first-order valence-electron chi connectivity index (χ1n) is 9.65. The zero-order chi connectivity index (χ0) is 23.9. The maximum atomic E-state index is 12.8. The standard InChI is InChI=1S/C19H17ClN6O5S2/c1-7-10(32-6-22-7)5-3-8-2-4-9-11(17(28)26(9)14(8)18(29)30)23-16(27)13(25-31)12-15(20)33-19(21)24-12/h3,5-6,9,11,13H,2,4H2,1H3,(H2,21,24)(H,23,27)(H,29,30)/t9-,11+,13?/m1/s1. The second kappa shape index (κ2) is 9.00. The van der Waals surface area contributed by atoms with Gasteiger partial charge in [-0.05, 0) is 36.6 Å². The fraction of sp³-hybridized carbons (Fsp3) is 0.316. The number of carbonyl (C=O) groups excluding carboxylic acids is 2. The third-order valence-electron chi connectivity index (χ3n) is 5.43. The number of nitrogens with zero attached hydrogens (tertiary/aromatic N) is 4. The Labute approximate surface area is 199 Å². The van der Waals surface area contributed by atoms with Crippen LogP contribution < -0.4 is 11.1 Å². The zero-order valence-electron chi connectivity index (χ0n) is 17.0. The summed E-state index contributed by atoms with van der Waals surface area (Å²) in [6, 6.07) is -3.12. The van der Waals surface area contributed by atoms with Crippen LogP contribution in [0.2, 0.25) is 4.34 Å². The van der Waals surface area contributed by atoms with Crippen molar-refractivity contribution in [3.8, 4) is 0 Å². The van der Waals surface area contributed by atoms with Crippen molar-refractivity contribution in [3.63, 3.8) is 0 Å². The Morgan fingerprint density at radius 3 is 2.79 bits per heavy atom. The van der Waals surface area contributed by atoms with Crippen LogP contribution in [0.1, 0.15) is 35.1 Å². The molecule has 14 heteroatoms. The van der Waals surface area contributed by atoms with E-state index in [0.29, 0.717) is 18.4 Å². The highest BCUT2D eigenvalue weighted by Crippen LogP contribution is 2.38. The molecule has 0 radical (unpaired) electrons. The van der Waals surface area contributed by atoms with Crippen molar-refractivity contribution in [1.29, 1.82) is 0 Å². The molecule has 2 amide bonds. The highest BCUT2D eigenvalue weighted by molar-refractivity contribution is 7.19. The van der Waals surface area contributed by atoms with Gasteiger partial charge in [-0.25, -0.2) is 14.8 Å². The number of aliphatic carboxylic acids is 1. The van der Waals surface area contributed by atoms with Gasteiger partial charge in [-0.2, -0.15) is 0 Å². The summed E-state index contributed by atoms with van der Waals surface area (Å²) in [5, 5.41) is 15.1. The van der Waals surface area contributed by atoms with E-state index in [1.807, 2.05) is 6.92 Å². The number of rotatable bonds is 7. The van der Waals surface area contributed by atoms with Crippen molar-refractivity contribution in [2.24, 2.45) is 5.18 Å². The summed E-state index contributed by atoms with van der Waals surface area (Å²) in [5.41, 5.74) is 8.37. The summed E-state index contributed by atoms with van der Waals surface area (Å²) in [4.78, 5) is 58.8. The van der Waals surface area contributed by atoms with Crippen LogP contribution in [0.25, 0.3) is 6.08 Å². The van der Waals surface area contributed by atoms with E-state index < -0.39 is 35.9 Å². The second-order valence-corrected chi connectivity index (χ2v) is 9.85. The van der Waals surface area contributed by atoms with Crippen molar-refractivity contribution in [3.05, 3.63) is 48.4 Å². The number of nitroso groups, excluding NO2 is 1. The predicted molar refractivity (Wildman–Crippen MR) is 122 cm³/mol. The summed E-state index contributed by atoms with van der Waals surface area (Å²) >= 11 is 8.29. The van der Waals surface area contributed by atoms with Gasteiger partial charge in [-0.1, -0.05) is 29.0 Å². The van der Waals surface area contributed by atoms with Crippen LogP contribution in [0.3, 0.4) is 0 Å². The number of nitrogens with two attached hydrogens (primary N) is 1. The number of thiazole rings is 2. The average molecular weight is 509 g/mol. The van der Waals surface area contributed by atoms with Crippen LogP contribution in [-0.4, -0.2) is 49.8 Å². The number of amides is 2. The number of anilines is 1. The molecule has 11 nitrogen and oxygen atoms in total.